The van der Waals surface area contributed by atoms with Gasteiger partial charge in [0.2, 0.25) is 5.91 Å². The minimum absolute atomic E-state index is 0. The number of halogens is 1. The van der Waals surface area contributed by atoms with Gasteiger partial charge in [-0.15, -0.1) is 35.3 Å². The molecule has 132 valence electrons. The number of thiophene rings is 1. The SMILES string of the molecule is CSC(C)(C)CNC(=NCC(=O)N(C)C)NCc1cccs1.I. The number of likely N-dealkylation sites (N-methyl/N-ethyl adjacent to an activating group) is 1. The second-order valence-corrected chi connectivity index (χ2v) is 8.25. The molecule has 8 heteroatoms. The molecule has 0 saturated heterocycles. The average Bonchev–Trinajstić information content (AvgIpc) is 2.99. The van der Waals surface area contributed by atoms with Gasteiger partial charge in [0.05, 0.1) is 6.54 Å². The fourth-order valence-corrected chi connectivity index (χ4v) is 2.28. The Hall–Kier alpha value is -0.480. The summed E-state index contributed by atoms with van der Waals surface area (Å²) < 4.78 is 0.108. The number of nitrogens with zero attached hydrogens (tertiary/aromatic N) is 2. The molecule has 1 aromatic rings. The van der Waals surface area contributed by atoms with E-state index in [0.29, 0.717) is 12.5 Å². The molecular formula is C15H27IN4OS2. The van der Waals surface area contributed by atoms with Gasteiger partial charge in [-0.25, -0.2) is 4.99 Å². The molecule has 1 rings (SSSR count). The van der Waals surface area contributed by atoms with Crippen molar-refractivity contribution in [3.05, 3.63) is 22.4 Å². The number of rotatable bonds is 7. The van der Waals surface area contributed by atoms with E-state index in [1.807, 2.05) is 11.4 Å². The number of carbonyl (C=O) groups excluding carboxylic acids is 1. The van der Waals surface area contributed by atoms with E-state index < -0.39 is 0 Å². The molecular weight excluding hydrogens is 443 g/mol. The van der Waals surface area contributed by atoms with Crippen molar-refractivity contribution >= 4 is 58.9 Å². The molecule has 23 heavy (non-hydrogen) atoms. The lowest BCUT2D eigenvalue weighted by atomic mass is 10.2. The van der Waals surface area contributed by atoms with Crippen LogP contribution in [0.4, 0.5) is 0 Å². The maximum atomic E-state index is 11.7. The van der Waals surface area contributed by atoms with Gasteiger partial charge in [0.25, 0.3) is 0 Å². The van der Waals surface area contributed by atoms with Gasteiger partial charge in [-0.1, -0.05) is 6.07 Å². The largest absolute Gasteiger partial charge is 0.355 e. The third-order valence-corrected chi connectivity index (χ3v) is 5.24. The van der Waals surface area contributed by atoms with E-state index in [4.69, 9.17) is 0 Å². The molecule has 0 aliphatic carbocycles. The summed E-state index contributed by atoms with van der Waals surface area (Å²) in [6, 6.07) is 4.10. The maximum Gasteiger partial charge on any atom is 0.243 e. The topological polar surface area (TPSA) is 56.7 Å². The average molecular weight is 470 g/mol. The number of aliphatic imine (C=N–C) groups is 1. The van der Waals surface area contributed by atoms with E-state index in [9.17, 15) is 4.79 Å². The van der Waals surface area contributed by atoms with Crippen molar-refractivity contribution in [3.8, 4) is 0 Å². The zero-order valence-corrected chi connectivity index (χ0v) is 18.3. The van der Waals surface area contributed by atoms with Gasteiger partial charge in [0, 0.05) is 30.3 Å². The minimum Gasteiger partial charge on any atom is -0.355 e. The number of carbonyl (C=O) groups is 1. The summed E-state index contributed by atoms with van der Waals surface area (Å²) >= 11 is 3.49. The van der Waals surface area contributed by atoms with Crippen LogP contribution in [0.15, 0.2) is 22.5 Å². The molecule has 0 aromatic carbocycles. The molecule has 2 N–H and O–H groups in total. The normalized spacial score (nSPS) is 11.6. The van der Waals surface area contributed by atoms with Crippen molar-refractivity contribution in [1.82, 2.24) is 15.5 Å². The number of nitrogens with one attached hydrogen (secondary N) is 2. The van der Waals surface area contributed by atoms with Crippen molar-refractivity contribution in [2.45, 2.75) is 25.1 Å². The number of hydrogen-bond acceptors (Lipinski definition) is 4. The van der Waals surface area contributed by atoms with Crippen LogP contribution in [0.2, 0.25) is 0 Å². The number of guanidine groups is 1. The highest BCUT2D eigenvalue weighted by Gasteiger charge is 2.16. The zero-order chi connectivity index (χ0) is 16.6. The number of hydrogen-bond donors (Lipinski definition) is 2. The molecule has 0 fully saturated rings. The molecule has 1 amide bonds. The van der Waals surface area contributed by atoms with Crippen molar-refractivity contribution in [1.29, 1.82) is 0 Å². The van der Waals surface area contributed by atoms with Gasteiger partial charge >= 0.3 is 0 Å². The van der Waals surface area contributed by atoms with E-state index in [1.54, 1.807) is 42.1 Å². The fourth-order valence-electron chi connectivity index (χ4n) is 1.42. The molecule has 0 bridgehead atoms. The van der Waals surface area contributed by atoms with E-state index in [-0.39, 0.29) is 41.2 Å². The second-order valence-electron chi connectivity index (χ2n) is 5.70. The predicted molar refractivity (Wildman–Crippen MR) is 113 cm³/mol. The smallest absolute Gasteiger partial charge is 0.243 e. The molecule has 5 nitrogen and oxygen atoms in total. The van der Waals surface area contributed by atoms with Crippen LogP contribution in [-0.4, -0.2) is 55.0 Å². The Bertz CT molecular complexity index is 490. The summed E-state index contributed by atoms with van der Waals surface area (Å²) in [7, 11) is 3.47. The summed E-state index contributed by atoms with van der Waals surface area (Å²) in [5.41, 5.74) is 0. The van der Waals surface area contributed by atoms with Gasteiger partial charge in [-0.05, 0) is 31.5 Å². The Morgan fingerprint density at radius 1 is 1.39 bits per heavy atom. The third-order valence-electron chi connectivity index (χ3n) is 3.12. The van der Waals surface area contributed by atoms with E-state index >= 15 is 0 Å². The van der Waals surface area contributed by atoms with Crippen LogP contribution < -0.4 is 10.6 Å². The molecule has 0 unspecified atom stereocenters. The molecule has 0 spiro atoms. The molecule has 0 radical (unpaired) electrons. The summed E-state index contributed by atoms with van der Waals surface area (Å²) in [5, 5.41) is 8.65. The molecule has 0 saturated carbocycles. The number of thioether (sulfide) groups is 1. The highest BCUT2D eigenvalue weighted by molar-refractivity contribution is 14.0. The van der Waals surface area contributed by atoms with Crippen LogP contribution in [0.1, 0.15) is 18.7 Å². The van der Waals surface area contributed by atoms with Crippen LogP contribution >= 0.6 is 47.1 Å². The fraction of sp³-hybridized carbons (Fsp3) is 0.600. The van der Waals surface area contributed by atoms with Crippen molar-refractivity contribution in [2.24, 2.45) is 4.99 Å². The van der Waals surface area contributed by atoms with Crippen molar-refractivity contribution in [2.75, 3.05) is 33.4 Å². The van der Waals surface area contributed by atoms with E-state index in [1.165, 1.54) is 4.88 Å². The first-order valence-electron chi connectivity index (χ1n) is 7.14. The van der Waals surface area contributed by atoms with Crippen molar-refractivity contribution < 1.29 is 4.79 Å². The minimum atomic E-state index is -0.0126. The van der Waals surface area contributed by atoms with Crippen LogP contribution in [0.5, 0.6) is 0 Å². The maximum absolute atomic E-state index is 11.7. The lowest BCUT2D eigenvalue weighted by molar-refractivity contribution is -0.127. The van der Waals surface area contributed by atoms with E-state index in [2.05, 4.69) is 41.8 Å². The van der Waals surface area contributed by atoms with Crippen LogP contribution in [0.25, 0.3) is 0 Å². The molecule has 1 heterocycles. The lowest BCUT2D eigenvalue weighted by Gasteiger charge is -2.24. The van der Waals surface area contributed by atoms with Crippen LogP contribution in [0, 0.1) is 0 Å². The van der Waals surface area contributed by atoms with Crippen LogP contribution in [0.3, 0.4) is 0 Å². The highest BCUT2D eigenvalue weighted by Crippen LogP contribution is 2.19. The second kappa shape index (κ2) is 11.1. The Balaban J connectivity index is 0.00000484. The Morgan fingerprint density at radius 2 is 2.09 bits per heavy atom. The third kappa shape index (κ3) is 9.41. The van der Waals surface area contributed by atoms with Gasteiger partial charge in [-0.3, -0.25) is 4.79 Å². The van der Waals surface area contributed by atoms with Crippen LogP contribution in [-0.2, 0) is 11.3 Å². The van der Waals surface area contributed by atoms with Gasteiger partial charge in [0.1, 0.15) is 6.54 Å². The predicted octanol–water partition coefficient (Wildman–Crippen LogP) is 2.63. The highest BCUT2D eigenvalue weighted by atomic mass is 127. The molecule has 0 aliphatic heterocycles. The van der Waals surface area contributed by atoms with E-state index in [0.717, 1.165) is 6.54 Å². The lowest BCUT2D eigenvalue weighted by Crippen LogP contribution is -2.43. The van der Waals surface area contributed by atoms with Gasteiger partial charge in [0.15, 0.2) is 5.96 Å². The first kappa shape index (κ1) is 22.5. The standard InChI is InChI=1S/C15H26N4OS2.HI/c1-15(2,21-5)11-18-14(17-10-13(20)19(3)4)16-9-12-7-6-8-22-12;/h6-8H,9-11H2,1-5H3,(H2,16,17,18);1H. The molecule has 1 aromatic heterocycles. The number of amides is 1. The molecule has 0 aliphatic rings. The summed E-state index contributed by atoms with van der Waals surface area (Å²) in [6.07, 6.45) is 2.09. The molecule has 0 atom stereocenters. The summed E-state index contributed by atoms with van der Waals surface area (Å²) in [4.78, 5) is 18.9. The summed E-state index contributed by atoms with van der Waals surface area (Å²) in [6.45, 7) is 5.98. The monoisotopic (exact) mass is 470 g/mol. The van der Waals surface area contributed by atoms with Gasteiger partial charge < -0.3 is 15.5 Å². The Labute approximate surface area is 164 Å². The van der Waals surface area contributed by atoms with Gasteiger partial charge in [-0.2, -0.15) is 11.8 Å². The Morgan fingerprint density at radius 3 is 2.61 bits per heavy atom. The summed E-state index contributed by atoms with van der Waals surface area (Å²) in [5.74, 6) is 0.659. The zero-order valence-electron chi connectivity index (χ0n) is 14.4. The first-order valence-corrected chi connectivity index (χ1v) is 9.24. The first-order chi connectivity index (χ1) is 10.3. The Kier molecular flexibility index (Phi) is 10.9. The van der Waals surface area contributed by atoms with Crippen molar-refractivity contribution in [3.63, 3.8) is 0 Å². The quantitative estimate of drug-likeness (QED) is 0.366.